The first-order chi connectivity index (χ1) is 9.47. The van der Waals surface area contributed by atoms with Crippen LogP contribution < -0.4 is 5.32 Å². The molecule has 1 aliphatic rings. The van der Waals surface area contributed by atoms with Gasteiger partial charge >= 0.3 is 0 Å². The van der Waals surface area contributed by atoms with Gasteiger partial charge in [-0.25, -0.2) is 8.42 Å². The Bertz CT molecular complexity index is 562. The molecule has 7 heteroatoms. The minimum Gasteiger partial charge on any atom is -0.356 e. The molecule has 0 saturated heterocycles. The fraction of sp³-hybridized carbons (Fsp3) is 0.615. The van der Waals surface area contributed by atoms with Crippen molar-refractivity contribution in [2.45, 2.75) is 42.7 Å². The lowest BCUT2D eigenvalue weighted by Crippen LogP contribution is -2.33. The van der Waals surface area contributed by atoms with Crippen molar-refractivity contribution in [3.63, 3.8) is 0 Å². The molecule has 1 heterocycles. The van der Waals surface area contributed by atoms with E-state index in [1.807, 2.05) is 0 Å². The summed E-state index contributed by atoms with van der Waals surface area (Å²) in [7, 11) is 1.63. The number of hydrogen-bond donors (Lipinski definition) is 1. The van der Waals surface area contributed by atoms with Crippen LogP contribution in [0.25, 0.3) is 0 Å². The third-order valence-electron chi connectivity index (χ3n) is 3.52. The van der Waals surface area contributed by atoms with Gasteiger partial charge in [-0.1, -0.05) is 19.3 Å². The first kappa shape index (κ1) is 15.8. The van der Waals surface area contributed by atoms with Crippen LogP contribution in [0.4, 0.5) is 0 Å². The van der Waals surface area contributed by atoms with Gasteiger partial charge in [0, 0.05) is 28.0 Å². The van der Waals surface area contributed by atoms with E-state index in [1.54, 1.807) is 6.07 Å². The van der Waals surface area contributed by atoms with E-state index in [1.165, 1.54) is 12.5 Å². The molecule has 0 aliphatic heterocycles. The zero-order chi connectivity index (χ0) is 14.6. The molecule has 4 nitrogen and oxygen atoms in total. The molecule has 1 aromatic heterocycles. The Morgan fingerprint density at radius 3 is 2.60 bits per heavy atom. The molecule has 0 aromatic carbocycles. The highest BCUT2D eigenvalue weighted by Crippen LogP contribution is 2.25. The van der Waals surface area contributed by atoms with Gasteiger partial charge in [-0.3, -0.25) is 4.79 Å². The van der Waals surface area contributed by atoms with Crippen LogP contribution in [0.1, 0.15) is 37.0 Å². The normalized spacial score (nSPS) is 17.1. The maximum absolute atomic E-state index is 11.9. The third kappa shape index (κ3) is 4.46. The maximum Gasteiger partial charge on any atom is 0.270 e. The molecule has 1 saturated carbocycles. The molecule has 1 aromatic rings. The molecule has 0 unspecified atom stereocenters. The van der Waals surface area contributed by atoms with Crippen LogP contribution in [0.5, 0.6) is 0 Å². The van der Waals surface area contributed by atoms with E-state index in [-0.39, 0.29) is 16.0 Å². The van der Waals surface area contributed by atoms with Crippen molar-refractivity contribution in [2.75, 3.05) is 6.54 Å². The molecule has 1 aliphatic carbocycles. The Hall–Kier alpha value is -0.590. The number of hydrogen-bond acceptors (Lipinski definition) is 4. The molecule has 112 valence electrons. The van der Waals surface area contributed by atoms with Gasteiger partial charge in [-0.05, 0) is 31.4 Å². The van der Waals surface area contributed by atoms with Gasteiger partial charge in [0.05, 0.1) is 0 Å². The molecule has 0 bridgehead atoms. The SMILES string of the molecule is O=C(NCCc1ccc(S(=O)(=O)Cl)s1)C1CCCCC1. The quantitative estimate of drug-likeness (QED) is 0.841. The lowest BCUT2D eigenvalue weighted by molar-refractivity contribution is -0.125. The number of nitrogens with one attached hydrogen (secondary N) is 1. The first-order valence-electron chi connectivity index (χ1n) is 6.78. The minimum absolute atomic E-state index is 0.131. The Morgan fingerprint density at radius 2 is 2.00 bits per heavy atom. The van der Waals surface area contributed by atoms with E-state index in [4.69, 9.17) is 10.7 Å². The largest absolute Gasteiger partial charge is 0.356 e. The summed E-state index contributed by atoms with van der Waals surface area (Å²) in [6.45, 7) is 0.539. The highest BCUT2D eigenvalue weighted by Gasteiger charge is 2.20. The average molecular weight is 336 g/mol. The summed E-state index contributed by atoms with van der Waals surface area (Å²) in [6, 6.07) is 3.25. The minimum atomic E-state index is -3.64. The summed E-state index contributed by atoms with van der Waals surface area (Å²) in [5.74, 6) is 0.289. The number of thiophene rings is 1. The Balaban J connectivity index is 1.78. The number of rotatable bonds is 5. The lowest BCUT2D eigenvalue weighted by atomic mass is 9.89. The second-order valence-electron chi connectivity index (χ2n) is 5.03. The van der Waals surface area contributed by atoms with E-state index in [9.17, 15) is 13.2 Å². The van der Waals surface area contributed by atoms with Crippen LogP contribution in [-0.4, -0.2) is 20.9 Å². The van der Waals surface area contributed by atoms with Crippen molar-refractivity contribution in [3.8, 4) is 0 Å². The Labute approximate surface area is 127 Å². The highest BCUT2D eigenvalue weighted by molar-refractivity contribution is 8.15. The van der Waals surface area contributed by atoms with Crippen molar-refractivity contribution in [1.82, 2.24) is 5.32 Å². The summed E-state index contributed by atoms with van der Waals surface area (Å²) in [5.41, 5.74) is 0. The summed E-state index contributed by atoms with van der Waals surface area (Å²) in [6.07, 6.45) is 6.11. The van der Waals surface area contributed by atoms with Gasteiger partial charge in [0.1, 0.15) is 4.21 Å². The first-order valence-corrected chi connectivity index (χ1v) is 9.90. The third-order valence-corrected chi connectivity index (χ3v) is 6.76. The van der Waals surface area contributed by atoms with Gasteiger partial charge in [-0.15, -0.1) is 11.3 Å². The summed E-state index contributed by atoms with van der Waals surface area (Å²) in [5, 5.41) is 2.93. The van der Waals surface area contributed by atoms with Gasteiger partial charge in [0.2, 0.25) is 5.91 Å². The Kier molecular flexibility index (Phi) is 5.46. The number of halogens is 1. The summed E-state index contributed by atoms with van der Waals surface area (Å²) >= 11 is 1.16. The van der Waals surface area contributed by atoms with Crippen LogP contribution in [0.15, 0.2) is 16.3 Å². The van der Waals surface area contributed by atoms with Gasteiger partial charge in [0.15, 0.2) is 0 Å². The maximum atomic E-state index is 11.9. The lowest BCUT2D eigenvalue weighted by Gasteiger charge is -2.20. The van der Waals surface area contributed by atoms with E-state index in [0.717, 1.165) is 41.9 Å². The number of carbonyl (C=O) groups is 1. The Morgan fingerprint density at radius 1 is 1.30 bits per heavy atom. The van der Waals surface area contributed by atoms with Gasteiger partial charge in [0.25, 0.3) is 9.05 Å². The second kappa shape index (κ2) is 6.91. The van der Waals surface area contributed by atoms with E-state index >= 15 is 0 Å². The smallest absolute Gasteiger partial charge is 0.270 e. The molecule has 1 N–H and O–H groups in total. The topological polar surface area (TPSA) is 63.2 Å². The van der Waals surface area contributed by atoms with Crippen molar-refractivity contribution >= 4 is 37.0 Å². The van der Waals surface area contributed by atoms with Crippen molar-refractivity contribution < 1.29 is 13.2 Å². The highest BCUT2D eigenvalue weighted by atomic mass is 35.7. The van der Waals surface area contributed by atoms with Gasteiger partial charge < -0.3 is 5.32 Å². The van der Waals surface area contributed by atoms with E-state index < -0.39 is 9.05 Å². The fourth-order valence-corrected chi connectivity index (χ4v) is 4.56. The molecular weight excluding hydrogens is 318 g/mol. The van der Waals surface area contributed by atoms with Crippen molar-refractivity contribution in [1.29, 1.82) is 0 Å². The molecule has 1 fully saturated rings. The van der Waals surface area contributed by atoms with Crippen LogP contribution in [0, 0.1) is 5.92 Å². The second-order valence-corrected chi connectivity index (χ2v) is 9.00. The van der Waals surface area contributed by atoms with Crippen LogP contribution in [0.3, 0.4) is 0 Å². The zero-order valence-corrected chi connectivity index (χ0v) is 13.5. The van der Waals surface area contributed by atoms with Crippen molar-refractivity contribution in [2.24, 2.45) is 5.92 Å². The summed E-state index contributed by atoms with van der Waals surface area (Å²) < 4.78 is 22.4. The standard InChI is InChI=1S/C13H18ClNO3S2/c14-20(17,18)12-7-6-11(19-12)8-9-15-13(16)10-4-2-1-3-5-10/h6-7,10H,1-5,8-9H2,(H,15,16). The number of carbonyl (C=O) groups excluding carboxylic acids is 1. The molecule has 0 atom stereocenters. The molecule has 20 heavy (non-hydrogen) atoms. The van der Waals surface area contributed by atoms with Crippen LogP contribution >= 0.6 is 22.0 Å². The van der Waals surface area contributed by atoms with Crippen molar-refractivity contribution in [3.05, 3.63) is 17.0 Å². The van der Waals surface area contributed by atoms with E-state index in [2.05, 4.69) is 5.32 Å². The predicted molar refractivity (Wildman–Crippen MR) is 80.6 cm³/mol. The predicted octanol–water partition coefficient (Wildman–Crippen LogP) is 2.91. The van der Waals surface area contributed by atoms with Crippen LogP contribution in [0.2, 0.25) is 0 Å². The number of amides is 1. The van der Waals surface area contributed by atoms with Crippen LogP contribution in [-0.2, 0) is 20.3 Å². The monoisotopic (exact) mass is 335 g/mol. The molecular formula is C13H18ClNO3S2. The van der Waals surface area contributed by atoms with Gasteiger partial charge in [-0.2, -0.15) is 0 Å². The zero-order valence-electron chi connectivity index (χ0n) is 11.1. The summed E-state index contributed by atoms with van der Waals surface area (Å²) in [4.78, 5) is 12.8. The van der Waals surface area contributed by atoms with E-state index in [0.29, 0.717) is 13.0 Å². The molecule has 0 spiro atoms. The average Bonchev–Trinajstić information content (AvgIpc) is 2.88. The fourth-order valence-electron chi connectivity index (χ4n) is 2.44. The molecule has 2 rings (SSSR count). The molecule has 1 amide bonds. The molecule has 0 radical (unpaired) electrons.